The van der Waals surface area contributed by atoms with Crippen molar-refractivity contribution in [2.45, 2.75) is 19.0 Å². The number of nitrogens with zero attached hydrogens (tertiary/aromatic N) is 1. The molecule has 1 aromatic carbocycles. The molecule has 1 aliphatic heterocycles. The molecule has 1 fully saturated rings. The van der Waals surface area contributed by atoms with Crippen LogP contribution in [0.5, 0.6) is 0 Å². The molecular formula is C13H19FN2O2S. The quantitative estimate of drug-likeness (QED) is 0.898. The van der Waals surface area contributed by atoms with E-state index in [-0.39, 0.29) is 29.4 Å². The largest absolute Gasteiger partial charge is 0.326 e. The summed E-state index contributed by atoms with van der Waals surface area (Å²) in [6, 6.07) is 5.98. The van der Waals surface area contributed by atoms with Gasteiger partial charge < -0.3 is 5.73 Å². The van der Waals surface area contributed by atoms with Gasteiger partial charge in [0.2, 0.25) is 0 Å². The molecular weight excluding hydrogens is 267 g/mol. The van der Waals surface area contributed by atoms with Gasteiger partial charge >= 0.3 is 0 Å². The molecule has 0 saturated carbocycles. The van der Waals surface area contributed by atoms with Crippen LogP contribution in [0.2, 0.25) is 0 Å². The van der Waals surface area contributed by atoms with Gasteiger partial charge in [-0.25, -0.2) is 12.8 Å². The molecule has 6 heteroatoms. The number of hydrogen-bond acceptors (Lipinski definition) is 4. The summed E-state index contributed by atoms with van der Waals surface area (Å²) in [5.74, 6) is -0.0618. The molecule has 0 bridgehead atoms. The zero-order chi connectivity index (χ0) is 14.0. The molecule has 2 unspecified atom stereocenters. The van der Waals surface area contributed by atoms with E-state index in [0.29, 0.717) is 18.7 Å². The van der Waals surface area contributed by atoms with Crippen LogP contribution < -0.4 is 5.73 Å². The van der Waals surface area contributed by atoms with Crippen molar-refractivity contribution in [3.8, 4) is 0 Å². The van der Waals surface area contributed by atoms with E-state index in [1.165, 1.54) is 6.07 Å². The summed E-state index contributed by atoms with van der Waals surface area (Å²) in [4.78, 5) is 1.96. The van der Waals surface area contributed by atoms with Crippen LogP contribution >= 0.6 is 0 Å². The monoisotopic (exact) mass is 286 g/mol. The first-order valence-electron chi connectivity index (χ1n) is 6.35. The van der Waals surface area contributed by atoms with Crippen molar-refractivity contribution in [1.29, 1.82) is 0 Å². The first-order valence-corrected chi connectivity index (χ1v) is 8.17. The van der Waals surface area contributed by atoms with Crippen LogP contribution in [0.25, 0.3) is 0 Å². The summed E-state index contributed by atoms with van der Waals surface area (Å²) in [5, 5.41) is 0. The van der Waals surface area contributed by atoms with Crippen LogP contribution in [0.15, 0.2) is 24.3 Å². The van der Waals surface area contributed by atoms with E-state index in [1.54, 1.807) is 18.2 Å². The fourth-order valence-corrected chi connectivity index (χ4v) is 3.76. The Balaban J connectivity index is 2.25. The number of nitrogens with two attached hydrogens (primary N) is 1. The van der Waals surface area contributed by atoms with E-state index in [9.17, 15) is 12.8 Å². The number of hydrogen-bond donors (Lipinski definition) is 1. The summed E-state index contributed by atoms with van der Waals surface area (Å²) < 4.78 is 36.8. The van der Waals surface area contributed by atoms with Gasteiger partial charge in [0, 0.05) is 24.7 Å². The Kier molecular flexibility index (Phi) is 4.23. The maximum atomic E-state index is 13.9. The molecule has 4 nitrogen and oxygen atoms in total. The lowest BCUT2D eigenvalue weighted by Crippen LogP contribution is -2.47. The van der Waals surface area contributed by atoms with Crippen molar-refractivity contribution in [3.05, 3.63) is 35.6 Å². The molecule has 1 aliphatic rings. The lowest BCUT2D eigenvalue weighted by molar-refractivity contribution is 0.187. The van der Waals surface area contributed by atoms with Gasteiger partial charge in [0.1, 0.15) is 5.82 Å². The highest BCUT2D eigenvalue weighted by Gasteiger charge is 2.31. The molecule has 2 rings (SSSR count). The third-order valence-electron chi connectivity index (χ3n) is 3.49. The normalized spacial score (nSPS) is 22.9. The first kappa shape index (κ1) is 14.4. The van der Waals surface area contributed by atoms with E-state index in [0.717, 1.165) is 0 Å². The molecule has 19 heavy (non-hydrogen) atoms. The van der Waals surface area contributed by atoms with Crippen molar-refractivity contribution < 1.29 is 12.8 Å². The van der Waals surface area contributed by atoms with Crippen LogP contribution in [0.3, 0.4) is 0 Å². The number of benzene rings is 1. The standard InChI is InChI=1S/C13H19FN2O2S/c1-10(15)13(11-4-2-3-5-12(11)14)16-6-8-19(17,18)9-7-16/h2-5,10,13H,6-9,15H2,1H3. The summed E-state index contributed by atoms with van der Waals surface area (Å²) >= 11 is 0. The van der Waals surface area contributed by atoms with Gasteiger partial charge in [-0.2, -0.15) is 0 Å². The van der Waals surface area contributed by atoms with E-state index < -0.39 is 9.84 Å². The van der Waals surface area contributed by atoms with Crippen LogP contribution in [-0.4, -0.2) is 44.0 Å². The van der Waals surface area contributed by atoms with Crippen LogP contribution in [0, 0.1) is 5.82 Å². The average molecular weight is 286 g/mol. The number of rotatable bonds is 3. The highest BCUT2D eigenvalue weighted by Crippen LogP contribution is 2.27. The maximum absolute atomic E-state index is 13.9. The smallest absolute Gasteiger partial charge is 0.152 e. The van der Waals surface area contributed by atoms with Gasteiger partial charge in [-0.15, -0.1) is 0 Å². The second kappa shape index (κ2) is 5.56. The number of halogens is 1. The minimum Gasteiger partial charge on any atom is -0.326 e. The van der Waals surface area contributed by atoms with Crippen LogP contribution in [0.4, 0.5) is 4.39 Å². The highest BCUT2D eigenvalue weighted by molar-refractivity contribution is 7.91. The first-order chi connectivity index (χ1) is 8.91. The Morgan fingerprint density at radius 2 is 1.84 bits per heavy atom. The Morgan fingerprint density at radius 3 is 2.37 bits per heavy atom. The molecule has 1 aromatic rings. The van der Waals surface area contributed by atoms with Crippen molar-refractivity contribution in [1.82, 2.24) is 4.90 Å². The lowest BCUT2D eigenvalue weighted by Gasteiger charge is -2.37. The zero-order valence-corrected chi connectivity index (χ0v) is 11.7. The SMILES string of the molecule is CC(N)C(c1ccccc1F)N1CCS(=O)(=O)CC1. The Hall–Kier alpha value is -0.980. The van der Waals surface area contributed by atoms with Crippen LogP contribution in [-0.2, 0) is 9.84 Å². The van der Waals surface area contributed by atoms with Gasteiger partial charge in [-0.1, -0.05) is 18.2 Å². The van der Waals surface area contributed by atoms with Gasteiger partial charge in [0.15, 0.2) is 9.84 Å². The molecule has 0 aromatic heterocycles. The van der Waals surface area contributed by atoms with E-state index >= 15 is 0 Å². The number of sulfone groups is 1. The summed E-state index contributed by atoms with van der Waals surface area (Å²) in [5.41, 5.74) is 6.52. The molecule has 106 valence electrons. The molecule has 2 atom stereocenters. The average Bonchev–Trinajstić information content (AvgIpc) is 2.33. The van der Waals surface area contributed by atoms with Gasteiger partial charge in [0.05, 0.1) is 17.5 Å². The lowest BCUT2D eigenvalue weighted by atomic mass is 9.98. The predicted octanol–water partition coefficient (Wildman–Crippen LogP) is 0.944. The topological polar surface area (TPSA) is 63.4 Å². The van der Waals surface area contributed by atoms with Crippen molar-refractivity contribution in [2.24, 2.45) is 5.73 Å². The second-order valence-electron chi connectivity index (χ2n) is 5.01. The Labute approximate surface area is 113 Å². The molecule has 1 saturated heterocycles. The molecule has 0 amide bonds. The van der Waals surface area contributed by atoms with Crippen molar-refractivity contribution >= 4 is 9.84 Å². The van der Waals surface area contributed by atoms with Gasteiger partial charge in [-0.05, 0) is 13.0 Å². The maximum Gasteiger partial charge on any atom is 0.152 e. The fourth-order valence-electron chi connectivity index (χ4n) is 2.53. The minimum atomic E-state index is -2.94. The van der Waals surface area contributed by atoms with Gasteiger partial charge in [0.25, 0.3) is 0 Å². The van der Waals surface area contributed by atoms with Crippen molar-refractivity contribution in [3.63, 3.8) is 0 Å². The predicted molar refractivity (Wildman–Crippen MR) is 73.0 cm³/mol. The summed E-state index contributed by atoms with van der Waals surface area (Å²) in [6.07, 6.45) is 0. The molecule has 0 radical (unpaired) electrons. The Bertz CT molecular complexity index is 531. The third-order valence-corrected chi connectivity index (χ3v) is 5.10. The van der Waals surface area contributed by atoms with Gasteiger partial charge in [-0.3, -0.25) is 4.90 Å². The van der Waals surface area contributed by atoms with E-state index in [4.69, 9.17) is 5.73 Å². The van der Waals surface area contributed by atoms with E-state index in [2.05, 4.69) is 0 Å². The Morgan fingerprint density at radius 1 is 1.26 bits per heavy atom. The fraction of sp³-hybridized carbons (Fsp3) is 0.538. The van der Waals surface area contributed by atoms with Crippen molar-refractivity contribution in [2.75, 3.05) is 24.6 Å². The van der Waals surface area contributed by atoms with E-state index in [1.807, 2.05) is 11.8 Å². The van der Waals surface area contributed by atoms with Crippen LogP contribution in [0.1, 0.15) is 18.5 Å². The summed E-state index contributed by atoms with van der Waals surface area (Å²) in [7, 11) is -2.94. The summed E-state index contributed by atoms with van der Waals surface area (Å²) in [6.45, 7) is 2.63. The molecule has 0 spiro atoms. The second-order valence-corrected chi connectivity index (χ2v) is 7.32. The molecule has 2 N–H and O–H groups in total. The molecule has 0 aliphatic carbocycles. The molecule has 1 heterocycles. The minimum absolute atomic E-state index is 0.116. The third kappa shape index (κ3) is 3.32. The zero-order valence-electron chi connectivity index (χ0n) is 10.9. The highest BCUT2D eigenvalue weighted by atomic mass is 32.2.